The molecule has 2 aromatic heterocycles. The number of aromatic nitrogens is 4. The second kappa shape index (κ2) is 15.9. The van der Waals surface area contributed by atoms with E-state index in [4.69, 9.17) is 0 Å². The Morgan fingerprint density at radius 2 is 1.14 bits per heavy atom. The Hall–Kier alpha value is -6.70. The van der Waals surface area contributed by atoms with Gasteiger partial charge in [0.1, 0.15) is 11.4 Å². The summed E-state index contributed by atoms with van der Waals surface area (Å²) in [5.41, 5.74) is 0.534. The molecule has 2 heterocycles. The number of rotatable bonds is 8. The van der Waals surface area contributed by atoms with E-state index in [1.807, 2.05) is 12.1 Å². The molecule has 0 saturated heterocycles. The number of carbonyl (C=O) groups excluding carboxylic acids is 1. The van der Waals surface area contributed by atoms with Gasteiger partial charge < -0.3 is 34.6 Å². The van der Waals surface area contributed by atoms with E-state index in [9.17, 15) is 34.7 Å². The van der Waals surface area contributed by atoms with Crippen molar-refractivity contribution in [2.45, 2.75) is 13.8 Å². The van der Waals surface area contributed by atoms with Gasteiger partial charge in [0, 0.05) is 29.1 Å². The summed E-state index contributed by atoms with van der Waals surface area (Å²) in [4.78, 5) is 46.1. The minimum atomic E-state index is -1.36. The number of para-hydroxylation sites is 2. The Balaban J connectivity index is 0.000000220. The molecule has 6 rings (SSSR count). The number of carboxylic acids is 1. The van der Waals surface area contributed by atoms with E-state index >= 15 is 0 Å². The summed E-state index contributed by atoms with van der Waals surface area (Å²) in [7, 11) is 0. The number of aryl methyl sites for hydroxylation is 2. The van der Waals surface area contributed by atoms with Gasteiger partial charge in [0.15, 0.2) is 0 Å². The van der Waals surface area contributed by atoms with Crippen molar-refractivity contribution >= 4 is 34.4 Å². The SMILES string of the molecule is Cc1[n-]n(-c2ccccc2)c(=O)c1N=Nc1cc([N+](=O)[O-])ccc1[O-].Cc1[n-]n(-c2ccccc2)c(=O)c1N=Nc1ccccc1C(=O)[O-].[Cr+3]. The van der Waals surface area contributed by atoms with Gasteiger partial charge in [0.2, 0.25) is 0 Å². The third-order valence-electron chi connectivity index (χ3n) is 6.77. The molecule has 16 nitrogen and oxygen atoms in total. The zero-order valence-corrected chi connectivity index (χ0v) is 27.4. The van der Waals surface area contributed by atoms with Crippen LogP contribution in [-0.2, 0) is 17.4 Å². The molecule has 0 aliphatic carbocycles. The van der Waals surface area contributed by atoms with Crippen molar-refractivity contribution in [1.82, 2.24) is 19.6 Å². The molecule has 0 saturated carbocycles. The van der Waals surface area contributed by atoms with Gasteiger partial charge in [-0.3, -0.25) is 19.7 Å². The summed E-state index contributed by atoms with van der Waals surface area (Å²) in [6, 6.07) is 26.8. The quantitative estimate of drug-likeness (QED) is 0.124. The van der Waals surface area contributed by atoms with Crippen molar-refractivity contribution < 1.29 is 37.3 Å². The van der Waals surface area contributed by atoms with Crippen LogP contribution in [0.5, 0.6) is 5.75 Å². The number of nitro benzene ring substituents is 1. The van der Waals surface area contributed by atoms with Gasteiger partial charge in [0.05, 0.1) is 22.3 Å². The molecule has 0 unspecified atom stereocenters. The van der Waals surface area contributed by atoms with Crippen molar-refractivity contribution in [3.05, 3.63) is 151 Å². The molecule has 0 amide bonds. The van der Waals surface area contributed by atoms with Gasteiger partial charge in [-0.05, 0) is 30.3 Å². The number of non-ortho nitro benzene ring substituents is 1. The molecule has 4 aromatic carbocycles. The van der Waals surface area contributed by atoms with E-state index in [1.165, 1.54) is 21.5 Å². The third-order valence-corrected chi connectivity index (χ3v) is 6.77. The Morgan fingerprint density at radius 1 is 0.680 bits per heavy atom. The molecular formula is C33H23CrN9O7-. The van der Waals surface area contributed by atoms with Gasteiger partial charge in [-0.2, -0.15) is 5.11 Å². The maximum Gasteiger partial charge on any atom is 3.00 e. The van der Waals surface area contributed by atoms with Crippen LogP contribution in [0.3, 0.4) is 0 Å². The third kappa shape index (κ3) is 8.05. The first-order chi connectivity index (χ1) is 23.5. The van der Waals surface area contributed by atoms with Crippen LogP contribution in [0.2, 0.25) is 0 Å². The fourth-order valence-electron chi connectivity index (χ4n) is 4.35. The van der Waals surface area contributed by atoms with Gasteiger partial charge in [0.25, 0.3) is 16.8 Å². The molecule has 249 valence electrons. The summed E-state index contributed by atoms with van der Waals surface area (Å²) < 4.78 is 2.41. The van der Waals surface area contributed by atoms with Crippen LogP contribution in [0, 0.1) is 24.0 Å². The maximum absolute atomic E-state index is 12.4. The van der Waals surface area contributed by atoms with Crippen LogP contribution in [0.4, 0.5) is 28.4 Å². The van der Waals surface area contributed by atoms with Crippen LogP contribution >= 0.6 is 0 Å². The number of benzene rings is 4. The number of carboxylic acid groups (broad SMARTS) is 1. The molecule has 6 aromatic rings. The molecule has 0 bridgehead atoms. The minimum Gasteiger partial charge on any atom is -0.871 e. The first kappa shape index (κ1) is 36.1. The van der Waals surface area contributed by atoms with Gasteiger partial charge in [-0.1, -0.05) is 80.3 Å². The standard InChI is InChI=1S/C17H14N4O3.C16H13N5O4.Cr/c1-11-15(16(22)21(20-11)12-7-3-2-4-8-12)19-18-14-10-6-5-9-13(14)17(23)24;1-10-15(16(23)20(19-10)11-5-3-2-4-6-11)18-17-13-9-12(21(24)25)7-8-14(13)22;/h2-10H,1H3,(H2,18,20,22,23,24);2-9H,1H3,(H2,17,18,19,22,23);/q;;+3/p-4. The smallest absolute Gasteiger partial charge is 0.871 e. The number of hydrogen-bond acceptors (Lipinski definition) is 11. The number of nitrogens with zero attached hydrogens (tertiary/aromatic N) is 9. The van der Waals surface area contributed by atoms with Crippen molar-refractivity contribution in [2.24, 2.45) is 20.5 Å². The Kier molecular flexibility index (Phi) is 11.5. The van der Waals surface area contributed by atoms with Crippen molar-refractivity contribution in [2.75, 3.05) is 0 Å². The molecule has 0 aliphatic heterocycles. The van der Waals surface area contributed by atoms with Crippen LogP contribution in [0.15, 0.2) is 133 Å². The van der Waals surface area contributed by atoms with Crippen LogP contribution in [0.25, 0.3) is 11.4 Å². The van der Waals surface area contributed by atoms with E-state index in [2.05, 4.69) is 30.7 Å². The zero-order chi connectivity index (χ0) is 35.1. The second-order valence-electron chi connectivity index (χ2n) is 10.1. The molecule has 50 heavy (non-hydrogen) atoms. The molecule has 1 radical (unpaired) electrons. The number of aromatic carboxylic acids is 1. The zero-order valence-electron chi connectivity index (χ0n) is 26.1. The monoisotopic (exact) mass is 709 g/mol. The average molecular weight is 710 g/mol. The normalized spacial score (nSPS) is 10.8. The molecule has 0 atom stereocenters. The number of carbonyl (C=O) groups is 1. The van der Waals surface area contributed by atoms with E-state index in [0.717, 1.165) is 18.2 Å². The van der Waals surface area contributed by atoms with Crippen molar-refractivity contribution in [3.63, 3.8) is 0 Å². The molecule has 0 fully saturated rings. The van der Waals surface area contributed by atoms with Gasteiger partial charge >= 0.3 is 17.4 Å². The first-order valence-electron chi connectivity index (χ1n) is 14.3. The summed E-state index contributed by atoms with van der Waals surface area (Å²) >= 11 is 0. The van der Waals surface area contributed by atoms with Gasteiger partial charge in [-0.25, -0.2) is 0 Å². The number of nitro groups is 1. The predicted molar refractivity (Wildman–Crippen MR) is 172 cm³/mol. The Bertz CT molecular complexity index is 2330. The fraction of sp³-hybridized carbons (Fsp3) is 0.0606. The molecule has 0 aliphatic rings. The van der Waals surface area contributed by atoms with E-state index in [0.29, 0.717) is 22.8 Å². The summed E-state index contributed by atoms with van der Waals surface area (Å²) in [5.74, 6) is -1.89. The first-order valence-corrected chi connectivity index (χ1v) is 14.3. The van der Waals surface area contributed by atoms with Crippen molar-refractivity contribution in [3.8, 4) is 17.1 Å². The van der Waals surface area contributed by atoms with E-state index in [1.54, 1.807) is 74.5 Å². The molecule has 17 heteroatoms. The summed E-state index contributed by atoms with van der Waals surface area (Å²) in [6.45, 7) is 3.22. The van der Waals surface area contributed by atoms with Gasteiger partial charge in [-0.15, -0.1) is 26.7 Å². The van der Waals surface area contributed by atoms with Crippen LogP contribution in [-0.4, -0.2) is 20.3 Å². The minimum absolute atomic E-state index is 0. The second-order valence-corrected chi connectivity index (χ2v) is 10.1. The fourth-order valence-corrected chi connectivity index (χ4v) is 4.35. The van der Waals surface area contributed by atoms with E-state index < -0.39 is 27.8 Å². The molecular weight excluding hydrogens is 686 g/mol. The number of hydrogen-bond donors (Lipinski definition) is 0. The summed E-state index contributed by atoms with van der Waals surface area (Å²) in [6.07, 6.45) is 0. The average Bonchev–Trinajstić information content (AvgIpc) is 3.56. The maximum atomic E-state index is 12.4. The summed E-state index contributed by atoms with van der Waals surface area (Å²) in [5, 5.41) is 57.1. The van der Waals surface area contributed by atoms with E-state index in [-0.39, 0.29) is 51.4 Å². The van der Waals surface area contributed by atoms with Crippen LogP contribution < -0.4 is 31.5 Å². The van der Waals surface area contributed by atoms with Crippen molar-refractivity contribution in [1.29, 1.82) is 0 Å². The largest absolute Gasteiger partial charge is 3.00 e. The topological polar surface area (TPSA) is 228 Å². The molecule has 0 spiro atoms. The Morgan fingerprint density at radius 3 is 1.62 bits per heavy atom. The number of azo groups is 2. The predicted octanol–water partition coefficient (Wildman–Crippen LogP) is 4.38. The Labute approximate surface area is 293 Å². The van der Waals surface area contributed by atoms with Crippen LogP contribution in [0.1, 0.15) is 21.7 Å². The molecule has 0 N–H and O–H groups in total.